The van der Waals surface area contributed by atoms with Crippen LogP contribution >= 0.6 is 0 Å². The van der Waals surface area contributed by atoms with Crippen LogP contribution in [0.25, 0.3) is 0 Å². The predicted octanol–water partition coefficient (Wildman–Crippen LogP) is 5.61. The fraction of sp³-hybridized carbons (Fsp3) is 0.302. The summed E-state index contributed by atoms with van der Waals surface area (Å²) in [5, 5.41) is 22.5. The first-order valence-corrected chi connectivity index (χ1v) is 19.5. The van der Waals surface area contributed by atoms with Gasteiger partial charge < -0.3 is 33.9 Å². The lowest BCUT2D eigenvalue weighted by Crippen LogP contribution is -2.64. The molecule has 1 saturated heterocycles. The number of rotatable bonds is 18. The van der Waals surface area contributed by atoms with Gasteiger partial charge in [0, 0.05) is 7.11 Å². The summed E-state index contributed by atoms with van der Waals surface area (Å²) in [4.78, 5) is 0. The Morgan fingerprint density at radius 2 is 1.17 bits per heavy atom. The van der Waals surface area contributed by atoms with Gasteiger partial charge in [-0.1, -0.05) is 152 Å². The molecule has 1 aliphatic heterocycles. The van der Waals surface area contributed by atoms with Gasteiger partial charge in [0.25, 0.3) is 10.1 Å². The molecule has 2 N–H and O–H groups in total. The summed E-state index contributed by atoms with van der Waals surface area (Å²) in [5.74, 6) is 0. The zero-order chi connectivity index (χ0) is 38.0. The molecular weight excluding hydrogens is 709 g/mol. The molecule has 1 fully saturated rings. The van der Waals surface area contributed by atoms with E-state index in [1.807, 2.05) is 152 Å². The Morgan fingerprint density at radius 3 is 1.59 bits per heavy atom. The van der Waals surface area contributed by atoms with Gasteiger partial charge >= 0.3 is 0 Å². The SMILES string of the molecule is CO[C@@H]1O[C@H]([C@@H](COC(c2ccccc2)(c2ccccc2)c2ccccc2)OCc2ccccc2)[C@](OCc2ccccc2)([C@H](O)CO)[C@H]1OS(C)(=O)=O. The number of hydrogen-bond acceptors (Lipinski definition) is 10. The third-order valence-corrected chi connectivity index (χ3v) is 10.2. The van der Waals surface area contributed by atoms with Crippen LogP contribution in [0.2, 0.25) is 0 Å². The van der Waals surface area contributed by atoms with Crippen molar-refractivity contribution in [2.45, 2.75) is 55.1 Å². The molecule has 0 aromatic heterocycles. The molecule has 0 unspecified atom stereocenters. The van der Waals surface area contributed by atoms with Crippen molar-refractivity contribution in [3.63, 3.8) is 0 Å². The van der Waals surface area contributed by atoms with E-state index in [4.69, 9.17) is 27.9 Å². The maximum atomic E-state index is 12.8. The second kappa shape index (κ2) is 17.9. The first kappa shape index (κ1) is 39.4. The van der Waals surface area contributed by atoms with Crippen molar-refractivity contribution in [2.75, 3.05) is 26.6 Å². The van der Waals surface area contributed by atoms with E-state index in [2.05, 4.69) is 0 Å². The van der Waals surface area contributed by atoms with Gasteiger partial charge in [0.2, 0.25) is 0 Å². The summed E-state index contributed by atoms with van der Waals surface area (Å²) >= 11 is 0. The van der Waals surface area contributed by atoms with Crippen molar-refractivity contribution in [3.8, 4) is 0 Å². The van der Waals surface area contributed by atoms with Gasteiger partial charge in [0.15, 0.2) is 18.0 Å². The number of aliphatic hydroxyl groups is 2. The van der Waals surface area contributed by atoms with Gasteiger partial charge in [-0.05, 0) is 27.8 Å². The van der Waals surface area contributed by atoms with Crippen LogP contribution in [0.3, 0.4) is 0 Å². The smallest absolute Gasteiger partial charge is 0.264 e. The molecule has 10 nitrogen and oxygen atoms in total. The quantitative estimate of drug-likeness (QED) is 0.0861. The lowest BCUT2D eigenvalue weighted by atomic mass is 9.79. The number of benzene rings is 5. The lowest BCUT2D eigenvalue weighted by Gasteiger charge is -2.44. The molecule has 1 aliphatic rings. The van der Waals surface area contributed by atoms with Crippen molar-refractivity contribution in [2.24, 2.45) is 0 Å². The largest absolute Gasteiger partial charge is 0.394 e. The van der Waals surface area contributed by atoms with Crippen LogP contribution in [0.1, 0.15) is 27.8 Å². The van der Waals surface area contributed by atoms with Crippen LogP contribution < -0.4 is 0 Å². The number of hydrogen-bond donors (Lipinski definition) is 2. The highest BCUT2D eigenvalue weighted by Gasteiger charge is 2.66. The Hall–Kier alpha value is -4.27. The van der Waals surface area contributed by atoms with Crippen molar-refractivity contribution in [1.29, 1.82) is 0 Å². The Labute approximate surface area is 317 Å². The lowest BCUT2D eigenvalue weighted by molar-refractivity contribution is -0.229. The molecule has 0 aliphatic carbocycles. The van der Waals surface area contributed by atoms with Gasteiger partial charge in [-0.25, -0.2) is 0 Å². The highest BCUT2D eigenvalue weighted by Crippen LogP contribution is 2.45. The normalized spacial score (nSPS) is 21.4. The zero-order valence-corrected chi connectivity index (χ0v) is 31.0. The average Bonchev–Trinajstić information content (AvgIpc) is 3.52. The van der Waals surface area contributed by atoms with Crippen LogP contribution in [0, 0.1) is 0 Å². The van der Waals surface area contributed by atoms with Crippen LogP contribution in [0.4, 0.5) is 0 Å². The second-order valence-electron chi connectivity index (χ2n) is 13.1. The predicted molar refractivity (Wildman–Crippen MR) is 203 cm³/mol. The zero-order valence-electron chi connectivity index (χ0n) is 30.2. The summed E-state index contributed by atoms with van der Waals surface area (Å²) in [7, 11) is -2.87. The highest BCUT2D eigenvalue weighted by atomic mass is 32.2. The maximum absolute atomic E-state index is 12.8. The van der Waals surface area contributed by atoms with E-state index >= 15 is 0 Å². The Bertz CT molecular complexity index is 1870. The van der Waals surface area contributed by atoms with E-state index in [1.54, 1.807) is 0 Å². The standard InChI is InChI=1S/C43H46O10S/c1-48-41-40(53-54(2,46)47)43(38(45)28-44,50-30-33-20-10-4-11-21-33)39(52-41)37(49-29-32-18-8-3-9-19-32)31-51-42(34-22-12-5-13-23-34,35-24-14-6-15-25-35)36-26-16-7-17-27-36/h3-27,37-41,44-45H,28-31H2,1-2H3/t37-,38-,39-,40+,41-,43-/m1/s1. The minimum atomic E-state index is -4.20. The van der Waals surface area contributed by atoms with E-state index in [9.17, 15) is 18.6 Å². The molecule has 6 atom stereocenters. The Kier molecular flexibility index (Phi) is 13.1. The van der Waals surface area contributed by atoms with Crippen molar-refractivity contribution in [1.82, 2.24) is 0 Å². The molecule has 284 valence electrons. The fourth-order valence-corrected chi connectivity index (χ4v) is 7.72. The third-order valence-electron chi connectivity index (χ3n) is 9.60. The van der Waals surface area contributed by atoms with Crippen molar-refractivity contribution in [3.05, 3.63) is 179 Å². The van der Waals surface area contributed by atoms with E-state index < -0.39 is 58.6 Å². The molecule has 5 aromatic carbocycles. The average molecular weight is 755 g/mol. The maximum Gasteiger partial charge on any atom is 0.264 e. The van der Waals surface area contributed by atoms with Gasteiger partial charge in [0.1, 0.15) is 23.9 Å². The molecule has 54 heavy (non-hydrogen) atoms. The van der Waals surface area contributed by atoms with Crippen molar-refractivity contribution >= 4 is 10.1 Å². The van der Waals surface area contributed by atoms with Crippen LogP contribution in [-0.4, -0.2) is 81.5 Å². The topological polar surface area (TPSA) is 130 Å². The van der Waals surface area contributed by atoms with E-state index in [0.29, 0.717) is 5.56 Å². The van der Waals surface area contributed by atoms with Gasteiger partial charge in [-0.2, -0.15) is 8.42 Å². The minimum Gasteiger partial charge on any atom is -0.394 e. The van der Waals surface area contributed by atoms with E-state index in [1.165, 1.54) is 7.11 Å². The summed E-state index contributed by atoms with van der Waals surface area (Å²) in [5.41, 5.74) is 0.836. The summed E-state index contributed by atoms with van der Waals surface area (Å²) in [6, 6.07) is 48.1. The molecule has 0 bridgehead atoms. The minimum absolute atomic E-state index is 0.0863. The van der Waals surface area contributed by atoms with Gasteiger partial charge in [-0.15, -0.1) is 0 Å². The Balaban J connectivity index is 1.51. The molecule has 5 aromatic rings. The fourth-order valence-electron chi connectivity index (χ4n) is 7.10. The molecule has 0 radical (unpaired) electrons. The summed E-state index contributed by atoms with van der Waals surface area (Å²) in [6.45, 7) is -1.02. The first-order valence-electron chi connectivity index (χ1n) is 17.7. The molecule has 0 spiro atoms. The summed E-state index contributed by atoms with van der Waals surface area (Å²) < 4.78 is 64.1. The first-order chi connectivity index (χ1) is 26.2. The third kappa shape index (κ3) is 8.66. The molecular formula is C43H46O10S. The van der Waals surface area contributed by atoms with Crippen LogP contribution in [0.5, 0.6) is 0 Å². The molecule has 1 heterocycles. The monoisotopic (exact) mass is 754 g/mol. The number of ether oxygens (including phenoxy) is 5. The summed E-state index contributed by atoms with van der Waals surface area (Å²) in [6.07, 6.45) is -6.18. The van der Waals surface area contributed by atoms with E-state index in [-0.39, 0.29) is 19.8 Å². The molecule has 0 amide bonds. The molecule has 11 heteroatoms. The van der Waals surface area contributed by atoms with E-state index in [0.717, 1.165) is 28.5 Å². The number of methoxy groups -OCH3 is 1. The van der Waals surface area contributed by atoms with Crippen LogP contribution in [0.15, 0.2) is 152 Å². The highest BCUT2D eigenvalue weighted by molar-refractivity contribution is 7.86. The second-order valence-corrected chi connectivity index (χ2v) is 14.7. The molecule has 0 saturated carbocycles. The van der Waals surface area contributed by atoms with Crippen LogP contribution in [-0.2, 0) is 56.8 Å². The van der Waals surface area contributed by atoms with Crippen molar-refractivity contribution < 1.29 is 46.5 Å². The van der Waals surface area contributed by atoms with Gasteiger partial charge in [0.05, 0.1) is 32.7 Å². The molecule has 6 rings (SSSR count). The Morgan fingerprint density at radius 1 is 0.722 bits per heavy atom. The number of aliphatic hydroxyl groups excluding tert-OH is 2. The van der Waals surface area contributed by atoms with Gasteiger partial charge in [-0.3, -0.25) is 4.18 Å².